The molecule has 0 aliphatic heterocycles. The van der Waals surface area contributed by atoms with Crippen molar-refractivity contribution in [2.24, 2.45) is 0 Å². The van der Waals surface area contributed by atoms with Gasteiger partial charge in [0.1, 0.15) is 5.75 Å². The van der Waals surface area contributed by atoms with Crippen LogP contribution in [0, 0.1) is 0 Å². The van der Waals surface area contributed by atoms with Gasteiger partial charge >= 0.3 is 0 Å². The summed E-state index contributed by atoms with van der Waals surface area (Å²) in [7, 11) is 1.58. The molecule has 21 heavy (non-hydrogen) atoms. The van der Waals surface area contributed by atoms with Crippen LogP contribution in [0.15, 0.2) is 18.2 Å². The first-order valence-electron chi connectivity index (χ1n) is 7.64. The number of hydrogen-bond donors (Lipinski definition) is 0. The number of likely N-dealkylation sites (N-methyl/N-ethyl adjacent to an activating group) is 1. The van der Waals surface area contributed by atoms with Crippen molar-refractivity contribution in [2.45, 2.75) is 46.1 Å². The molecule has 0 unspecified atom stereocenters. The third-order valence-corrected chi connectivity index (χ3v) is 4.60. The number of methoxy groups -OCH3 is 1. The van der Waals surface area contributed by atoms with Crippen LogP contribution in [0.5, 0.6) is 5.75 Å². The van der Waals surface area contributed by atoms with Crippen molar-refractivity contribution in [3.63, 3.8) is 0 Å². The fraction of sp³-hybridized carbons (Fsp3) is 0.588. The van der Waals surface area contributed by atoms with Gasteiger partial charge in [0, 0.05) is 5.02 Å². The summed E-state index contributed by atoms with van der Waals surface area (Å²) in [6.45, 7) is 9.99. The number of ether oxygens (including phenoxy) is 1. The molecule has 0 heterocycles. The second-order valence-electron chi connectivity index (χ2n) is 5.08. The first-order valence-corrected chi connectivity index (χ1v) is 8.01. The second kappa shape index (κ2) is 7.81. The van der Waals surface area contributed by atoms with E-state index in [2.05, 4.69) is 32.6 Å². The number of Topliss-reactive ketones (excluding diaryl/α,β-unsaturated/α-hetero) is 1. The number of carbonyl (C=O) groups excluding carboxylic acids is 1. The van der Waals surface area contributed by atoms with Gasteiger partial charge in [-0.3, -0.25) is 9.69 Å². The van der Waals surface area contributed by atoms with Gasteiger partial charge in [0.25, 0.3) is 0 Å². The molecule has 0 saturated heterocycles. The van der Waals surface area contributed by atoms with Crippen molar-refractivity contribution in [1.82, 2.24) is 4.90 Å². The molecule has 0 aliphatic carbocycles. The lowest BCUT2D eigenvalue weighted by Gasteiger charge is -2.41. The van der Waals surface area contributed by atoms with Gasteiger partial charge in [0.15, 0.2) is 5.78 Å². The zero-order chi connectivity index (χ0) is 16.0. The molecular weight excluding hydrogens is 286 g/mol. The Balaban J connectivity index is 3.39. The van der Waals surface area contributed by atoms with Gasteiger partial charge in [-0.05, 0) is 44.1 Å². The lowest BCUT2D eigenvalue weighted by molar-refractivity contribution is 0.0532. The maximum Gasteiger partial charge on any atom is 0.186 e. The van der Waals surface area contributed by atoms with E-state index in [1.54, 1.807) is 25.3 Å². The Hall–Kier alpha value is -1.06. The van der Waals surface area contributed by atoms with Crippen LogP contribution in [0.3, 0.4) is 0 Å². The summed E-state index contributed by atoms with van der Waals surface area (Å²) in [4.78, 5) is 15.5. The minimum absolute atomic E-state index is 0.0931. The third kappa shape index (κ3) is 3.41. The van der Waals surface area contributed by atoms with Crippen LogP contribution < -0.4 is 4.74 Å². The molecule has 0 amide bonds. The number of nitrogens with zero attached hydrogens (tertiary/aromatic N) is 1. The van der Waals surface area contributed by atoms with Crippen molar-refractivity contribution in [1.29, 1.82) is 0 Å². The number of halogens is 1. The number of benzene rings is 1. The molecule has 0 saturated carbocycles. The Bertz CT molecular complexity index is 480. The summed E-state index contributed by atoms with van der Waals surface area (Å²) in [6.07, 6.45) is 1.53. The molecule has 1 rings (SSSR count). The van der Waals surface area contributed by atoms with Gasteiger partial charge in [0.05, 0.1) is 18.2 Å². The van der Waals surface area contributed by atoms with Gasteiger partial charge in [0.2, 0.25) is 0 Å². The number of rotatable bonds is 8. The maximum atomic E-state index is 13.2. The Morgan fingerprint density at radius 2 is 1.76 bits per heavy atom. The van der Waals surface area contributed by atoms with E-state index in [1.807, 2.05) is 0 Å². The van der Waals surface area contributed by atoms with E-state index in [4.69, 9.17) is 16.3 Å². The zero-order valence-corrected chi connectivity index (χ0v) is 14.5. The molecule has 0 bridgehead atoms. The number of carbonyl (C=O) groups is 1. The Kier molecular flexibility index (Phi) is 6.69. The topological polar surface area (TPSA) is 29.5 Å². The highest BCUT2D eigenvalue weighted by molar-refractivity contribution is 6.31. The average Bonchev–Trinajstić information content (AvgIpc) is 2.52. The normalized spacial score (nSPS) is 11.8. The molecule has 0 radical (unpaired) electrons. The van der Waals surface area contributed by atoms with Crippen LogP contribution in [0.25, 0.3) is 0 Å². The number of hydrogen-bond acceptors (Lipinski definition) is 3. The largest absolute Gasteiger partial charge is 0.496 e. The predicted molar refractivity (Wildman–Crippen MR) is 88.6 cm³/mol. The van der Waals surface area contributed by atoms with E-state index in [0.29, 0.717) is 16.3 Å². The van der Waals surface area contributed by atoms with Gasteiger partial charge in [-0.25, -0.2) is 0 Å². The van der Waals surface area contributed by atoms with Crippen LogP contribution >= 0.6 is 11.6 Å². The van der Waals surface area contributed by atoms with Crippen molar-refractivity contribution >= 4 is 17.4 Å². The van der Waals surface area contributed by atoms with E-state index >= 15 is 0 Å². The predicted octanol–water partition coefficient (Wildman–Crippen LogP) is 4.43. The van der Waals surface area contributed by atoms with Crippen LogP contribution in [-0.4, -0.2) is 36.4 Å². The highest BCUT2D eigenvalue weighted by Crippen LogP contribution is 2.33. The quantitative estimate of drug-likeness (QED) is 0.665. The van der Waals surface area contributed by atoms with Gasteiger partial charge in [-0.15, -0.1) is 0 Å². The maximum absolute atomic E-state index is 13.2. The van der Waals surface area contributed by atoms with Crippen molar-refractivity contribution in [2.75, 3.05) is 20.2 Å². The van der Waals surface area contributed by atoms with Gasteiger partial charge < -0.3 is 4.74 Å². The highest BCUT2D eigenvalue weighted by atomic mass is 35.5. The van der Waals surface area contributed by atoms with Crippen LogP contribution in [0.2, 0.25) is 5.02 Å². The Morgan fingerprint density at radius 3 is 2.19 bits per heavy atom. The molecule has 118 valence electrons. The van der Waals surface area contributed by atoms with E-state index in [9.17, 15) is 4.79 Å². The first kappa shape index (κ1) is 18.0. The highest BCUT2D eigenvalue weighted by Gasteiger charge is 2.40. The summed E-state index contributed by atoms with van der Waals surface area (Å²) >= 11 is 6.08. The molecule has 4 heteroatoms. The smallest absolute Gasteiger partial charge is 0.186 e. The SMILES string of the molecule is CCN(CC)C(CC)(CC)C(=O)c1cc(Cl)ccc1OC. The van der Waals surface area contributed by atoms with Crippen LogP contribution in [0.1, 0.15) is 50.9 Å². The van der Waals surface area contributed by atoms with Crippen LogP contribution in [-0.2, 0) is 0 Å². The molecule has 1 aromatic carbocycles. The first-order chi connectivity index (χ1) is 10.00. The molecule has 1 aromatic rings. The van der Waals surface area contributed by atoms with Gasteiger partial charge in [-0.1, -0.05) is 39.3 Å². The van der Waals surface area contributed by atoms with E-state index in [-0.39, 0.29) is 5.78 Å². The molecule has 0 aromatic heterocycles. The number of ketones is 1. The van der Waals surface area contributed by atoms with Crippen molar-refractivity contribution < 1.29 is 9.53 Å². The van der Waals surface area contributed by atoms with E-state index < -0.39 is 5.54 Å². The van der Waals surface area contributed by atoms with Crippen molar-refractivity contribution in [3.8, 4) is 5.75 Å². The summed E-state index contributed by atoms with van der Waals surface area (Å²) in [6, 6.07) is 5.22. The Morgan fingerprint density at radius 1 is 1.19 bits per heavy atom. The molecular formula is C17H26ClNO2. The molecule has 3 nitrogen and oxygen atoms in total. The summed E-state index contributed by atoms with van der Waals surface area (Å²) in [5.74, 6) is 0.679. The van der Waals surface area contributed by atoms with Crippen molar-refractivity contribution in [3.05, 3.63) is 28.8 Å². The fourth-order valence-electron chi connectivity index (χ4n) is 3.10. The second-order valence-corrected chi connectivity index (χ2v) is 5.52. The summed E-state index contributed by atoms with van der Waals surface area (Å²) in [5, 5.41) is 0.555. The minimum Gasteiger partial charge on any atom is -0.496 e. The molecule has 0 atom stereocenters. The standard InChI is InChI=1S/C17H26ClNO2/c1-6-17(7-2,19(8-3)9-4)16(20)14-12-13(18)10-11-15(14)21-5/h10-12H,6-9H2,1-5H3. The van der Waals surface area contributed by atoms with Gasteiger partial charge in [-0.2, -0.15) is 0 Å². The lowest BCUT2D eigenvalue weighted by atomic mass is 9.82. The lowest BCUT2D eigenvalue weighted by Crippen LogP contribution is -2.53. The molecule has 0 spiro atoms. The van der Waals surface area contributed by atoms with E-state index in [0.717, 1.165) is 25.9 Å². The average molecular weight is 312 g/mol. The monoisotopic (exact) mass is 311 g/mol. The third-order valence-electron chi connectivity index (χ3n) is 4.37. The minimum atomic E-state index is -0.499. The molecule has 0 N–H and O–H groups in total. The summed E-state index contributed by atoms with van der Waals surface area (Å²) in [5.41, 5.74) is 0.0715. The molecule has 0 aliphatic rings. The Labute approximate surface area is 133 Å². The molecule has 0 fully saturated rings. The fourth-order valence-corrected chi connectivity index (χ4v) is 3.27. The summed E-state index contributed by atoms with van der Waals surface area (Å²) < 4.78 is 5.35. The zero-order valence-electron chi connectivity index (χ0n) is 13.7. The van der Waals surface area contributed by atoms with E-state index in [1.165, 1.54) is 0 Å². The van der Waals surface area contributed by atoms with Crippen LogP contribution in [0.4, 0.5) is 0 Å².